The molecule has 0 saturated carbocycles. The van der Waals surface area contributed by atoms with Crippen LogP contribution < -0.4 is 35.2 Å². The fourth-order valence-electron chi connectivity index (χ4n) is 0. The lowest BCUT2D eigenvalue weighted by molar-refractivity contribution is 0.255. The number of hydrogen-bond acceptors (Lipinski definition) is 6. The maximum atomic E-state index is 9.00. The summed E-state index contributed by atoms with van der Waals surface area (Å²) >= 11 is 0. The lowest BCUT2D eigenvalue weighted by Gasteiger charge is -1.68. The number of carbonyl (C=O) groups excluding carboxylic acids is 2. The van der Waals surface area contributed by atoms with Crippen LogP contribution in [0.25, 0.3) is 0 Å². The molecule has 15 heavy (non-hydrogen) atoms. The fourth-order valence-corrected chi connectivity index (χ4v) is 0. The highest BCUT2D eigenvalue weighted by molar-refractivity contribution is 7.79. The topological polar surface area (TPSA) is 283 Å². The third-order valence-electron chi connectivity index (χ3n) is 0. The van der Waals surface area contributed by atoms with Gasteiger partial charge in [-0.1, -0.05) is 0 Å². The Kier molecular flexibility index (Phi) is 28.9. The van der Waals surface area contributed by atoms with Crippen molar-refractivity contribution in [1.29, 1.82) is 0 Å². The van der Waals surface area contributed by atoms with E-state index in [1.54, 1.807) is 0 Å². The summed E-state index contributed by atoms with van der Waals surface area (Å²) in [6.45, 7) is 0. The van der Waals surface area contributed by atoms with E-state index in [1.165, 1.54) is 0 Å². The number of primary amides is 4. The summed E-state index contributed by atoms with van der Waals surface area (Å²) < 4.78 is 31.6. The molecular formula is C2H16N6O6S. The van der Waals surface area contributed by atoms with Crippen LogP contribution in [0.4, 0.5) is 9.59 Å². The minimum Gasteiger partial charge on any atom is -0.352 e. The highest BCUT2D eigenvalue weighted by atomic mass is 32.3. The van der Waals surface area contributed by atoms with Gasteiger partial charge in [0.05, 0.1) is 0 Å². The molecule has 0 aromatic heterocycles. The molecule has 12 nitrogen and oxygen atoms in total. The van der Waals surface area contributed by atoms with Gasteiger partial charge in [-0.15, -0.1) is 0 Å². The predicted octanol–water partition coefficient (Wildman–Crippen LogP) is -2.28. The molecule has 13 heteroatoms. The summed E-state index contributed by atoms with van der Waals surface area (Å²) in [7, 11) is -4.67. The number of urea groups is 2. The molecule has 16 N–H and O–H groups in total. The van der Waals surface area contributed by atoms with E-state index in [1.807, 2.05) is 0 Å². The quantitative estimate of drug-likeness (QED) is 0.216. The number of amides is 4. The summed E-state index contributed by atoms with van der Waals surface area (Å²) in [4.78, 5) is 18.0. The van der Waals surface area contributed by atoms with E-state index in [4.69, 9.17) is 27.1 Å². The zero-order valence-corrected chi connectivity index (χ0v) is 8.48. The standard InChI is InChI=1S/2CH4N2O.2H3N.H2O4S/c2*2-1(3)4;;;1-5(2,3)4/h2*(H4,2,3,4);2*1H3;(H2,1,2,3,4). The van der Waals surface area contributed by atoms with Crippen molar-refractivity contribution >= 4 is 22.5 Å². The largest absolute Gasteiger partial charge is 0.394 e. The molecule has 0 bridgehead atoms. The molecule has 0 radical (unpaired) electrons. The third-order valence-corrected chi connectivity index (χ3v) is 0. The molecule has 0 unspecified atom stereocenters. The van der Waals surface area contributed by atoms with Crippen molar-refractivity contribution in [2.24, 2.45) is 22.9 Å². The normalized spacial score (nSPS) is 7.07. The second-order valence-corrected chi connectivity index (χ2v) is 2.15. The van der Waals surface area contributed by atoms with Crippen molar-refractivity contribution in [2.75, 3.05) is 0 Å². The van der Waals surface area contributed by atoms with E-state index < -0.39 is 22.5 Å². The van der Waals surface area contributed by atoms with Gasteiger partial charge in [-0.2, -0.15) is 8.42 Å². The van der Waals surface area contributed by atoms with Gasteiger partial charge in [0.1, 0.15) is 0 Å². The summed E-state index contributed by atoms with van der Waals surface area (Å²) in [5.74, 6) is 0. The summed E-state index contributed by atoms with van der Waals surface area (Å²) in [5.41, 5.74) is 17.0. The molecule has 0 aliphatic rings. The monoisotopic (exact) mass is 252 g/mol. The molecule has 0 rings (SSSR count). The molecule has 0 aliphatic carbocycles. The Morgan fingerprint density at radius 3 is 0.800 bits per heavy atom. The molecule has 96 valence electrons. The number of nitrogens with two attached hydrogens (primary N) is 4. The lowest BCUT2D eigenvalue weighted by atomic mass is 11.2. The van der Waals surface area contributed by atoms with Gasteiger partial charge < -0.3 is 35.2 Å². The maximum Gasteiger partial charge on any atom is 0.394 e. The Morgan fingerprint density at radius 2 is 0.800 bits per heavy atom. The van der Waals surface area contributed by atoms with Crippen LogP contribution in [-0.2, 0) is 10.4 Å². The first kappa shape index (κ1) is 29.2. The summed E-state index contributed by atoms with van der Waals surface area (Å²) in [6, 6.07) is -1.67. The van der Waals surface area contributed by atoms with Gasteiger partial charge in [-0.3, -0.25) is 9.11 Å². The van der Waals surface area contributed by atoms with Crippen molar-refractivity contribution in [1.82, 2.24) is 12.3 Å². The van der Waals surface area contributed by atoms with Crippen molar-refractivity contribution in [3.05, 3.63) is 0 Å². The molecule has 0 fully saturated rings. The van der Waals surface area contributed by atoms with Crippen LogP contribution in [-0.4, -0.2) is 29.6 Å². The Labute approximate surface area is 85.7 Å². The minimum atomic E-state index is -4.67. The molecule has 0 atom stereocenters. The van der Waals surface area contributed by atoms with Crippen LogP contribution >= 0.6 is 0 Å². The molecule has 4 amide bonds. The van der Waals surface area contributed by atoms with E-state index in [0.717, 1.165) is 0 Å². The first-order valence-electron chi connectivity index (χ1n) is 2.26. The zero-order valence-electron chi connectivity index (χ0n) is 7.66. The number of carbonyl (C=O) groups is 2. The van der Waals surface area contributed by atoms with Gasteiger partial charge in [-0.05, 0) is 0 Å². The second-order valence-electron chi connectivity index (χ2n) is 1.25. The van der Waals surface area contributed by atoms with Gasteiger partial charge in [0, 0.05) is 0 Å². The smallest absolute Gasteiger partial charge is 0.352 e. The van der Waals surface area contributed by atoms with Crippen molar-refractivity contribution in [2.45, 2.75) is 0 Å². The average molecular weight is 252 g/mol. The third kappa shape index (κ3) is 472. The Morgan fingerprint density at radius 1 is 0.800 bits per heavy atom. The molecule has 0 saturated heterocycles. The van der Waals surface area contributed by atoms with Gasteiger partial charge in [0.2, 0.25) is 0 Å². The highest BCUT2D eigenvalue weighted by Gasteiger charge is 1.84. The van der Waals surface area contributed by atoms with Crippen molar-refractivity contribution in [3.63, 3.8) is 0 Å². The molecular weight excluding hydrogens is 236 g/mol. The SMILES string of the molecule is N.N.NC(N)=O.NC(N)=O.O=S(=O)(O)O. The maximum absolute atomic E-state index is 9.00. The number of hydrogen-bond donors (Lipinski definition) is 8. The average Bonchev–Trinajstić information content (AvgIpc) is 1.50. The van der Waals surface area contributed by atoms with Crippen LogP contribution in [0.3, 0.4) is 0 Å². The van der Waals surface area contributed by atoms with E-state index >= 15 is 0 Å². The highest BCUT2D eigenvalue weighted by Crippen LogP contribution is 1.59. The summed E-state index contributed by atoms with van der Waals surface area (Å²) in [6.07, 6.45) is 0. The number of rotatable bonds is 0. The van der Waals surface area contributed by atoms with E-state index in [0.29, 0.717) is 0 Å². The predicted molar refractivity (Wildman–Crippen MR) is 51.8 cm³/mol. The summed E-state index contributed by atoms with van der Waals surface area (Å²) in [5, 5.41) is 0. The van der Waals surface area contributed by atoms with Crippen LogP contribution in [0.1, 0.15) is 0 Å². The molecule has 0 aromatic rings. The molecule has 0 heterocycles. The van der Waals surface area contributed by atoms with Gasteiger partial charge in [0.15, 0.2) is 0 Å². The second kappa shape index (κ2) is 14.8. The Balaban J connectivity index is -0.0000000315. The van der Waals surface area contributed by atoms with Gasteiger partial charge >= 0.3 is 22.5 Å². The Bertz CT molecular complexity index is 220. The van der Waals surface area contributed by atoms with Crippen molar-refractivity contribution < 1.29 is 27.1 Å². The minimum absolute atomic E-state index is 0. The first-order chi connectivity index (χ1) is 5.46. The van der Waals surface area contributed by atoms with Crippen LogP contribution in [0, 0.1) is 0 Å². The van der Waals surface area contributed by atoms with E-state index in [9.17, 15) is 0 Å². The van der Waals surface area contributed by atoms with E-state index in [2.05, 4.69) is 22.9 Å². The van der Waals surface area contributed by atoms with E-state index in [-0.39, 0.29) is 12.3 Å². The molecule has 0 aromatic carbocycles. The van der Waals surface area contributed by atoms with Gasteiger partial charge in [0.25, 0.3) is 0 Å². The Hall–Kier alpha value is -1.67. The lowest BCUT2D eigenvalue weighted by Crippen LogP contribution is -2.18. The van der Waals surface area contributed by atoms with Crippen LogP contribution in [0.2, 0.25) is 0 Å². The first-order valence-corrected chi connectivity index (χ1v) is 3.66. The zero-order chi connectivity index (χ0) is 11.7. The van der Waals surface area contributed by atoms with Gasteiger partial charge in [-0.25, -0.2) is 9.59 Å². The van der Waals surface area contributed by atoms with Crippen LogP contribution in [0.5, 0.6) is 0 Å². The van der Waals surface area contributed by atoms with Crippen LogP contribution in [0.15, 0.2) is 0 Å². The van der Waals surface area contributed by atoms with Crippen molar-refractivity contribution in [3.8, 4) is 0 Å². The molecule has 0 aliphatic heterocycles. The molecule has 0 spiro atoms. The fraction of sp³-hybridized carbons (Fsp3) is 0.